The summed E-state index contributed by atoms with van der Waals surface area (Å²) < 4.78 is 5.08. The molecule has 0 spiro atoms. The molecule has 1 fully saturated rings. The summed E-state index contributed by atoms with van der Waals surface area (Å²) in [6.45, 7) is 4.08. The highest BCUT2D eigenvalue weighted by atomic mass is 16.5. The highest BCUT2D eigenvalue weighted by Crippen LogP contribution is 2.31. The van der Waals surface area contributed by atoms with Crippen molar-refractivity contribution in [3.63, 3.8) is 0 Å². The number of rotatable bonds is 4. The predicted molar refractivity (Wildman–Crippen MR) is 84.9 cm³/mol. The molecule has 0 radical (unpaired) electrons. The van der Waals surface area contributed by atoms with Crippen molar-refractivity contribution in [3.05, 3.63) is 29.8 Å². The molecule has 1 aromatic carbocycles. The van der Waals surface area contributed by atoms with Crippen molar-refractivity contribution >= 4 is 17.4 Å². The summed E-state index contributed by atoms with van der Waals surface area (Å²) in [5, 5.41) is 4.13. The van der Waals surface area contributed by atoms with Crippen LogP contribution in [0.4, 0.5) is 0 Å². The third kappa shape index (κ3) is 4.69. The molecule has 0 atom stereocenters. The maximum absolute atomic E-state index is 11.9. The van der Waals surface area contributed by atoms with Crippen LogP contribution in [0.15, 0.2) is 29.4 Å². The van der Waals surface area contributed by atoms with Gasteiger partial charge >= 0.3 is 0 Å². The van der Waals surface area contributed by atoms with Crippen LogP contribution in [0.5, 0.6) is 5.75 Å². The molecule has 0 unspecified atom stereocenters. The van der Waals surface area contributed by atoms with Crippen LogP contribution < -0.4 is 10.2 Å². The molecule has 1 aliphatic rings. The number of benzene rings is 1. The van der Waals surface area contributed by atoms with E-state index in [2.05, 4.69) is 10.5 Å². The van der Waals surface area contributed by atoms with Crippen molar-refractivity contribution in [1.29, 1.82) is 0 Å². The number of nitrogens with zero attached hydrogens (tertiary/aromatic N) is 1. The Labute approximate surface area is 130 Å². The van der Waals surface area contributed by atoms with Crippen LogP contribution in [0.2, 0.25) is 0 Å². The Morgan fingerprint density at radius 1 is 1.27 bits per heavy atom. The zero-order valence-electron chi connectivity index (χ0n) is 13.3. The first-order valence-corrected chi connectivity index (χ1v) is 7.37. The van der Waals surface area contributed by atoms with Crippen LogP contribution in [-0.4, -0.2) is 24.5 Å². The maximum atomic E-state index is 11.9. The summed E-state index contributed by atoms with van der Waals surface area (Å²) in [5.74, 6) is 0.750. The Bertz CT molecular complexity index is 588. The molecule has 1 amide bonds. The zero-order chi connectivity index (χ0) is 16.2. The van der Waals surface area contributed by atoms with E-state index < -0.39 is 0 Å². The van der Waals surface area contributed by atoms with Gasteiger partial charge < -0.3 is 4.74 Å². The van der Waals surface area contributed by atoms with Gasteiger partial charge in [-0.1, -0.05) is 26.0 Å². The van der Waals surface area contributed by atoms with Crippen molar-refractivity contribution in [2.24, 2.45) is 10.5 Å². The van der Waals surface area contributed by atoms with Crippen molar-refractivity contribution in [3.8, 4) is 5.75 Å². The minimum atomic E-state index is -0.187. The van der Waals surface area contributed by atoms with Gasteiger partial charge in [-0.2, -0.15) is 5.10 Å². The van der Waals surface area contributed by atoms with E-state index >= 15 is 0 Å². The van der Waals surface area contributed by atoms with E-state index in [1.54, 1.807) is 7.11 Å². The molecule has 1 saturated carbocycles. The molecule has 0 heterocycles. The second kappa shape index (κ2) is 6.73. The van der Waals surface area contributed by atoms with Gasteiger partial charge in [-0.05, 0) is 29.5 Å². The minimum Gasteiger partial charge on any atom is -0.497 e. The number of carbonyl (C=O) groups excluding carboxylic acids is 2. The Kier molecular flexibility index (Phi) is 4.96. The largest absolute Gasteiger partial charge is 0.497 e. The normalized spacial score (nSPS) is 19.0. The molecule has 5 heteroatoms. The highest BCUT2D eigenvalue weighted by Gasteiger charge is 2.30. The monoisotopic (exact) mass is 302 g/mol. The van der Waals surface area contributed by atoms with Crippen molar-refractivity contribution in [2.45, 2.75) is 39.5 Å². The minimum absolute atomic E-state index is 0.0745. The smallest absolute Gasteiger partial charge is 0.244 e. The number of ether oxygens (including phenoxy) is 1. The van der Waals surface area contributed by atoms with Gasteiger partial charge in [0, 0.05) is 18.6 Å². The lowest BCUT2D eigenvalue weighted by Gasteiger charge is -2.29. The molecule has 0 saturated heterocycles. The molecule has 22 heavy (non-hydrogen) atoms. The molecular weight excluding hydrogens is 280 g/mol. The average molecular weight is 302 g/mol. The summed E-state index contributed by atoms with van der Waals surface area (Å²) >= 11 is 0. The van der Waals surface area contributed by atoms with Crippen LogP contribution in [-0.2, 0) is 16.0 Å². The van der Waals surface area contributed by atoms with Crippen molar-refractivity contribution < 1.29 is 14.3 Å². The Morgan fingerprint density at radius 3 is 2.55 bits per heavy atom. The first-order valence-electron chi connectivity index (χ1n) is 7.37. The summed E-state index contributed by atoms with van der Waals surface area (Å²) in [5.41, 5.74) is 4.12. The molecule has 0 aromatic heterocycles. The lowest BCUT2D eigenvalue weighted by atomic mass is 9.76. The van der Waals surface area contributed by atoms with Gasteiger partial charge in [-0.15, -0.1) is 0 Å². The molecule has 1 aliphatic carbocycles. The van der Waals surface area contributed by atoms with E-state index in [-0.39, 0.29) is 23.5 Å². The number of hydrogen-bond donors (Lipinski definition) is 1. The summed E-state index contributed by atoms with van der Waals surface area (Å²) in [4.78, 5) is 23.6. The second-order valence-electron chi connectivity index (χ2n) is 6.47. The number of hydrogen-bond acceptors (Lipinski definition) is 4. The standard InChI is InChI=1S/C17H22N2O3/c1-17(2)10-13(9-14(20)11-17)18-19-16(21)8-12-4-6-15(22-3)7-5-12/h4-7H,8-11H2,1-3H3,(H,19,21)/b18-13-. The topological polar surface area (TPSA) is 67.8 Å². The summed E-state index contributed by atoms with van der Waals surface area (Å²) in [6, 6.07) is 7.32. The average Bonchev–Trinajstić information content (AvgIpc) is 2.44. The van der Waals surface area contributed by atoms with Gasteiger partial charge in [0.25, 0.3) is 0 Å². The Morgan fingerprint density at radius 2 is 1.95 bits per heavy atom. The maximum Gasteiger partial charge on any atom is 0.244 e. The SMILES string of the molecule is COc1ccc(CC(=O)N/N=C2/CC(=O)CC(C)(C)C2)cc1. The number of amides is 1. The van der Waals surface area contributed by atoms with Gasteiger partial charge in [0.1, 0.15) is 11.5 Å². The van der Waals surface area contributed by atoms with Crippen LogP contribution in [0.1, 0.15) is 38.7 Å². The molecule has 2 rings (SSSR count). The molecule has 118 valence electrons. The van der Waals surface area contributed by atoms with Gasteiger partial charge in [0.2, 0.25) is 5.91 Å². The lowest BCUT2D eigenvalue weighted by Crippen LogP contribution is -2.31. The van der Waals surface area contributed by atoms with Gasteiger partial charge in [0.05, 0.1) is 13.5 Å². The Hall–Kier alpha value is -2.17. The van der Waals surface area contributed by atoms with Crippen LogP contribution in [0.25, 0.3) is 0 Å². The van der Waals surface area contributed by atoms with E-state index in [1.165, 1.54) is 0 Å². The fraction of sp³-hybridized carbons (Fsp3) is 0.471. The molecule has 5 nitrogen and oxygen atoms in total. The number of nitrogens with one attached hydrogen (secondary N) is 1. The van der Waals surface area contributed by atoms with Crippen molar-refractivity contribution in [2.75, 3.05) is 7.11 Å². The zero-order valence-corrected chi connectivity index (χ0v) is 13.3. The van der Waals surface area contributed by atoms with E-state index in [0.717, 1.165) is 23.4 Å². The predicted octanol–water partition coefficient (Wildman–Crippen LogP) is 2.49. The van der Waals surface area contributed by atoms with Gasteiger partial charge in [-0.25, -0.2) is 5.43 Å². The first-order chi connectivity index (χ1) is 10.4. The number of carbonyl (C=O) groups is 2. The quantitative estimate of drug-likeness (QED) is 0.869. The van der Waals surface area contributed by atoms with E-state index in [9.17, 15) is 9.59 Å². The van der Waals surface area contributed by atoms with E-state index in [0.29, 0.717) is 12.8 Å². The third-order valence-electron chi connectivity index (χ3n) is 3.62. The molecule has 0 bridgehead atoms. The fourth-order valence-corrected chi connectivity index (χ4v) is 2.69. The number of Topliss-reactive ketones (excluding diaryl/α,β-unsaturated/α-hetero) is 1. The van der Waals surface area contributed by atoms with E-state index in [1.807, 2.05) is 38.1 Å². The first kappa shape index (κ1) is 16.2. The fourth-order valence-electron chi connectivity index (χ4n) is 2.69. The number of hydrazone groups is 1. The lowest BCUT2D eigenvalue weighted by molar-refractivity contribution is -0.121. The molecule has 1 aromatic rings. The summed E-state index contributed by atoms with van der Waals surface area (Å²) in [7, 11) is 1.60. The second-order valence-corrected chi connectivity index (χ2v) is 6.47. The van der Waals surface area contributed by atoms with Crippen LogP contribution >= 0.6 is 0 Å². The van der Waals surface area contributed by atoms with Gasteiger partial charge in [0.15, 0.2) is 0 Å². The van der Waals surface area contributed by atoms with Crippen LogP contribution in [0, 0.1) is 5.41 Å². The van der Waals surface area contributed by atoms with Gasteiger partial charge in [-0.3, -0.25) is 9.59 Å². The third-order valence-corrected chi connectivity index (χ3v) is 3.62. The van der Waals surface area contributed by atoms with Crippen LogP contribution in [0.3, 0.4) is 0 Å². The Balaban J connectivity index is 1.91. The summed E-state index contributed by atoms with van der Waals surface area (Å²) in [6.07, 6.45) is 1.90. The number of ketones is 1. The molecule has 0 aliphatic heterocycles. The van der Waals surface area contributed by atoms with Crippen molar-refractivity contribution in [1.82, 2.24) is 5.43 Å². The molecule has 1 N–H and O–H groups in total. The molecular formula is C17H22N2O3. The highest BCUT2D eigenvalue weighted by molar-refractivity contribution is 6.05. The van der Waals surface area contributed by atoms with E-state index in [4.69, 9.17) is 4.74 Å². The number of methoxy groups -OCH3 is 1.